The molecule has 2 heterocycles. The highest BCUT2D eigenvalue weighted by Gasteiger charge is 2.48. The van der Waals surface area contributed by atoms with Crippen molar-refractivity contribution in [2.24, 2.45) is 0 Å². The van der Waals surface area contributed by atoms with Gasteiger partial charge in [0.05, 0.1) is 17.7 Å². The number of ketones is 1. The third-order valence-corrected chi connectivity index (χ3v) is 7.26. The van der Waals surface area contributed by atoms with Crippen molar-refractivity contribution in [2.45, 2.75) is 45.3 Å². The maximum Gasteiger partial charge on any atom is 0.416 e. The van der Waals surface area contributed by atoms with Crippen LogP contribution in [0.15, 0.2) is 65.6 Å². The number of hydrogen-bond acceptors (Lipinski definition) is 5. The van der Waals surface area contributed by atoms with Gasteiger partial charge in [0.1, 0.15) is 17.6 Å². The molecule has 37 heavy (non-hydrogen) atoms. The first-order chi connectivity index (χ1) is 17.6. The number of nitrogens with zero attached hydrogens (tertiary/aromatic N) is 1. The first kappa shape index (κ1) is 26.5. The number of Topliss-reactive ketones (excluding diaryl/α,β-unsaturated/α-hetero) is 1. The molecule has 1 aliphatic rings. The van der Waals surface area contributed by atoms with E-state index in [1.807, 2.05) is 0 Å². The summed E-state index contributed by atoms with van der Waals surface area (Å²) in [4.78, 5) is 28.0. The van der Waals surface area contributed by atoms with Gasteiger partial charge in [-0.25, -0.2) is 0 Å². The lowest BCUT2D eigenvalue weighted by Gasteiger charge is -2.25. The molecule has 1 aliphatic heterocycles. The van der Waals surface area contributed by atoms with E-state index in [0.29, 0.717) is 22.8 Å². The summed E-state index contributed by atoms with van der Waals surface area (Å²) in [7, 11) is 0. The monoisotopic (exact) mass is 529 g/mol. The fourth-order valence-corrected chi connectivity index (χ4v) is 5.27. The fourth-order valence-electron chi connectivity index (χ4n) is 4.25. The number of aliphatic hydroxyl groups is 1. The highest BCUT2D eigenvalue weighted by molar-refractivity contribution is 7.10. The molecule has 2 aromatic carbocycles. The van der Waals surface area contributed by atoms with E-state index in [1.54, 1.807) is 42.6 Å². The van der Waals surface area contributed by atoms with Crippen LogP contribution in [-0.4, -0.2) is 23.4 Å². The molecule has 9 heteroatoms. The smallest absolute Gasteiger partial charge is 0.416 e. The molecule has 1 saturated heterocycles. The van der Waals surface area contributed by atoms with Crippen LogP contribution in [0.5, 0.6) is 5.75 Å². The molecule has 0 bridgehead atoms. The van der Waals surface area contributed by atoms with Gasteiger partial charge in [0, 0.05) is 16.1 Å². The third kappa shape index (κ3) is 5.41. The Labute approximate surface area is 216 Å². The van der Waals surface area contributed by atoms with Gasteiger partial charge in [-0.15, -0.1) is 11.3 Å². The molecule has 0 saturated carbocycles. The highest BCUT2D eigenvalue weighted by Crippen LogP contribution is 2.45. The topological polar surface area (TPSA) is 66.8 Å². The Balaban J connectivity index is 1.77. The van der Waals surface area contributed by atoms with Crippen LogP contribution < -0.4 is 9.64 Å². The predicted molar refractivity (Wildman–Crippen MR) is 137 cm³/mol. The number of aryl methyl sites for hydroxylation is 1. The molecule has 1 unspecified atom stereocenters. The number of halogens is 3. The van der Waals surface area contributed by atoms with Gasteiger partial charge >= 0.3 is 6.18 Å². The summed E-state index contributed by atoms with van der Waals surface area (Å²) >= 11 is 1.26. The number of anilines is 1. The van der Waals surface area contributed by atoms with Crippen LogP contribution in [0.1, 0.15) is 53.8 Å². The largest absolute Gasteiger partial charge is 0.507 e. The van der Waals surface area contributed by atoms with Crippen molar-refractivity contribution in [3.05, 3.63) is 87.1 Å². The molecule has 5 nitrogen and oxygen atoms in total. The summed E-state index contributed by atoms with van der Waals surface area (Å²) in [5.74, 6) is -1.77. The average molecular weight is 530 g/mol. The molecule has 194 valence electrons. The second kappa shape index (κ2) is 10.8. The lowest BCUT2D eigenvalue weighted by Crippen LogP contribution is -2.29. The number of aliphatic hydroxyl groups excluding tert-OH is 1. The van der Waals surface area contributed by atoms with Crippen molar-refractivity contribution in [3.8, 4) is 5.75 Å². The lowest BCUT2D eigenvalue weighted by molar-refractivity contribution is -0.137. The molecular weight excluding hydrogens is 503 g/mol. The Hall–Kier alpha value is -3.59. The normalized spacial score (nSPS) is 17.4. The Morgan fingerprint density at radius 3 is 2.43 bits per heavy atom. The van der Waals surface area contributed by atoms with Gasteiger partial charge in [-0.2, -0.15) is 13.2 Å². The van der Waals surface area contributed by atoms with E-state index in [1.165, 1.54) is 23.5 Å². The van der Waals surface area contributed by atoms with Crippen molar-refractivity contribution in [1.29, 1.82) is 0 Å². The molecule has 0 spiro atoms. The predicted octanol–water partition coefficient (Wildman–Crippen LogP) is 7.27. The Kier molecular flexibility index (Phi) is 7.73. The van der Waals surface area contributed by atoms with Crippen molar-refractivity contribution in [3.63, 3.8) is 0 Å². The van der Waals surface area contributed by atoms with E-state index in [0.717, 1.165) is 41.9 Å². The number of alkyl halides is 3. The summed E-state index contributed by atoms with van der Waals surface area (Å²) in [5, 5.41) is 13.0. The van der Waals surface area contributed by atoms with E-state index in [9.17, 15) is 27.9 Å². The van der Waals surface area contributed by atoms with Gasteiger partial charge in [-0.1, -0.05) is 25.8 Å². The van der Waals surface area contributed by atoms with Crippen molar-refractivity contribution in [2.75, 3.05) is 11.5 Å². The summed E-state index contributed by atoms with van der Waals surface area (Å²) in [6, 6.07) is 11.5. The molecule has 0 aliphatic carbocycles. The number of carbonyl (C=O) groups is 2. The van der Waals surface area contributed by atoms with E-state index < -0.39 is 35.2 Å². The van der Waals surface area contributed by atoms with Crippen LogP contribution in [0.2, 0.25) is 0 Å². The van der Waals surface area contributed by atoms with E-state index in [2.05, 4.69) is 6.92 Å². The van der Waals surface area contributed by atoms with Crippen LogP contribution >= 0.6 is 11.3 Å². The standard InChI is InChI=1S/C28H26F3NO4S/c1-3-4-5-14-36-21-11-9-18(10-12-21)24(33)22-23(26-17(2)13-15-37-26)32(27(35)25(22)34)20-8-6-7-19(16-20)28(29,30)31/h6-13,15-16,23,33H,3-5,14H2,1-2H3/b24-22-. The number of unbranched alkanes of at least 4 members (excludes halogenated alkanes) is 2. The number of thiophene rings is 1. The zero-order valence-corrected chi connectivity index (χ0v) is 21.2. The van der Waals surface area contributed by atoms with Crippen LogP contribution in [0.25, 0.3) is 5.76 Å². The Morgan fingerprint density at radius 1 is 1.08 bits per heavy atom. The van der Waals surface area contributed by atoms with Crippen molar-refractivity contribution in [1.82, 2.24) is 0 Å². The minimum absolute atomic E-state index is 0.0791. The lowest BCUT2D eigenvalue weighted by atomic mass is 9.98. The molecule has 1 aromatic heterocycles. The molecule has 1 atom stereocenters. The first-order valence-electron chi connectivity index (χ1n) is 11.9. The summed E-state index contributed by atoms with van der Waals surface area (Å²) in [6.07, 6.45) is -1.60. The number of ether oxygens (including phenoxy) is 1. The summed E-state index contributed by atoms with van der Waals surface area (Å²) in [6.45, 7) is 4.43. The molecule has 4 rings (SSSR count). The van der Waals surface area contributed by atoms with Crippen LogP contribution in [0, 0.1) is 6.92 Å². The van der Waals surface area contributed by atoms with Crippen molar-refractivity contribution < 1.29 is 32.6 Å². The van der Waals surface area contributed by atoms with Gasteiger partial charge in [-0.05, 0) is 72.8 Å². The summed E-state index contributed by atoms with van der Waals surface area (Å²) in [5.41, 5.74) is -0.157. The van der Waals surface area contributed by atoms with Crippen molar-refractivity contribution >= 4 is 34.5 Å². The maximum atomic E-state index is 13.4. The number of benzene rings is 2. The first-order valence-corrected chi connectivity index (χ1v) is 12.8. The highest BCUT2D eigenvalue weighted by atomic mass is 32.1. The number of carbonyl (C=O) groups excluding carboxylic acids is 2. The third-order valence-electron chi connectivity index (χ3n) is 6.19. The SMILES string of the molecule is CCCCCOc1ccc(/C(O)=C2/C(=O)C(=O)N(c3cccc(C(F)(F)F)c3)C2c2sccc2C)cc1. The quantitative estimate of drug-likeness (QED) is 0.144. The molecule has 0 radical (unpaired) electrons. The van der Waals surface area contributed by atoms with Gasteiger partial charge in [0.15, 0.2) is 0 Å². The number of hydrogen-bond donors (Lipinski definition) is 1. The maximum absolute atomic E-state index is 13.4. The molecule has 1 fully saturated rings. The Bertz CT molecular complexity index is 1330. The van der Waals surface area contributed by atoms with Gasteiger partial charge in [0.2, 0.25) is 0 Å². The molecular formula is C28H26F3NO4S. The average Bonchev–Trinajstić information content (AvgIpc) is 3.41. The van der Waals surface area contributed by atoms with E-state index in [-0.39, 0.29) is 11.3 Å². The fraction of sp³-hybridized carbons (Fsp3) is 0.286. The van der Waals surface area contributed by atoms with Gasteiger partial charge in [0.25, 0.3) is 11.7 Å². The van der Waals surface area contributed by atoms with Gasteiger partial charge < -0.3 is 9.84 Å². The van der Waals surface area contributed by atoms with Gasteiger partial charge in [-0.3, -0.25) is 14.5 Å². The molecule has 1 N–H and O–H groups in total. The summed E-state index contributed by atoms with van der Waals surface area (Å²) < 4.78 is 45.9. The van der Waals surface area contributed by atoms with Crippen LogP contribution in [0.4, 0.5) is 18.9 Å². The second-order valence-electron chi connectivity index (χ2n) is 8.76. The number of amides is 1. The minimum atomic E-state index is -4.63. The molecule has 3 aromatic rings. The second-order valence-corrected chi connectivity index (χ2v) is 9.71. The zero-order valence-electron chi connectivity index (χ0n) is 20.3. The minimum Gasteiger partial charge on any atom is -0.507 e. The van der Waals surface area contributed by atoms with Crippen LogP contribution in [0.3, 0.4) is 0 Å². The Morgan fingerprint density at radius 2 is 1.81 bits per heavy atom. The zero-order chi connectivity index (χ0) is 26.7. The number of rotatable bonds is 8. The van der Waals surface area contributed by atoms with E-state index in [4.69, 9.17) is 4.74 Å². The molecule has 1 amide bonds. The van der Waals surface area contributed by atoms with E-state index >= 15 is 0 Å². The van der Waals surface area contributed by atoms with Crippen LogP contribution in [-0.2, 0) is 15.8 Å².